The Morgan fingerprint density at radius 1 is 1.02 bits per heavy atom. The number of piperidine rings is 1. The number of aliphatic carboxylic acids is 1. The number of pyridine rings is 2. The molecule has 4 N–H and O–H groups in total. The highest BCUT2D eigenvalue weighted by Crippen LogP contribution is 2.42. The maximum atomic E-state index is 11.5. The summed E-state index contributed by atoms with van der Waals surface area (Å²) >= 11 is 15.8. The standard InChI is InChI=1S/C37H37Cl2N7O4S/c1-50-36-22(18-40-19-23-9-11-30(47)42-23)8-10-27(44-36)26-6-2-4-24(32(26)38)25-5-3-7-28(33(25)39)43-35-34-29(12-15-41-35)51-31(45-34)20-46-16-13-21(14-17-46)37(48)49/h2-8,10,12,15,21,23,40H,9,11,13-14,16-20H2,1H3,(H,41,43)(H,42,47)(H,48,49)/t23-/m1/s1. The molecule has 5 aromatic rings. The fourth-order valence-corrected chi connectivity index (χ4v) is 8.24. The molecule has 5 heterocycles. The van der Waals surface area contributed by atoms with E-state index in [0.717, 1.165) is 57.0 Å². The van der Waals surface area contributed by atoms with Gasteiger partial charge in [0.25, 0.3) is 0 Å². The summed E-state index contributed by atoms with van der Waals surface area (Å²) in [6.07, 6.45) is 4.45. The van der Waals surface area contributed by atoms with E-state index in [1.165, 1.54) is 0 Å². The first-order valence-corrected chi connectivity index (χ1v) is 18.4. The summed E-state index contributed by atoms with van der Waals surface area (Å²) in [7, 11) is 1.59. The Labute approximate surface area is 309 Å². The summed E-state index contributed by atoms with van der Waals surface area (Å²) in [4.78, 5) is 39.4. The van der Waals surface area contributed by atoms with E-state index in [2.05, 4.69) is 25.8 Å². The van der Waals surface area contributed by atoms with Crippen LogP contribution in [0.5, 0.6) is 5.88 Å². The third-order valence-electron chi connectivity index (χ3n) is 9.39. The van der Waals surface area contributed by atoms with Gasteiger partial charge in [-0.15, -0.1) is 11.3 Å². The molecule has 0 saturated carbocycles. The van der Waals surface area contributed by atoms with E-state index >= 15 is 0 Å². The van der Waals surface area contributed by atoms with Crippen LogP contribution in [0.15, 0.2) is 60.8 Å². The van der Waals surface area contributed by atoms with Gasteiger partial charge < -0.3 is 25.8 Å². The molecule has 0 bridgehead atoms. The summed E-state index contributed by atoms with van der Waals surface area (Å²) in [5, 5.41) is 21.1. The quantitative estimate of drug-likeness (QED) is 0.104. The highest BCUT2D eigenvalue weighted by atomic mass is 35.5. The molecule has 0 radical (unpaired) electrons. The van der Waals surface area contributed by atoms with Gasteiger partial charge in [-0.25, -0.2) is 15.0 Å². The number of nitrogens with zero attached hydrogens (tertiary/aromatic N) is 4. The molecule has 0 spiro atoms. The number of rotatable bonds is 12. The zero-order valence-electron chi connectivity index (χ0n) is 27.9. The second-order valence-electron chi connectivity index (χ2n) is 12.8. The predicted octanol–water partition coefficient (Wildman–Crippen LogP) is 7.14. The van der Waals surface area contributed by atoms with Crippen LogP contribution in [-0.2, 0) is 22.7 Å². The number of carbonyl (C=O) groups is 2. The number of benzene rings is 2. The Balaban J connectivity index is 1.09. The average Bonchev–Trinajstić information content (AvgIpc) is 3.75. The number of fused-ring (bicyclic) bond motifs is 1. The van der Waals surface area contributed by atoms with Gasteiger partial charge in [0.15, 0.2) is 5.82 Å². The lowest BCUT2D eigenvalue weighted by molar-refractivity contribution is -0.143. The van der Waals surface area contributed by atoms with E-state index in [0.29, 0.717) is 72.0 Å². The molecule has 11 nitrogen and oxygen atoms in total. The maximum Gasteiger partial charge on any atom is 0.306 e. The van der Waals surface area contributed by atoms with Crippen molar-refractivity contribution in [1.29, 1.82) is 0 Å². The number of likely N-dealkylation sites (tertiary alicyclic amines) is 1. The number of anilines is 2. The average molecular weight is 747 g/mol. The van der Waals surface area contributed by atoms with Gasteiger partial charge in [-0.2, -0.15) is 0 Å². The number of aromatic nitrogens is 3. The number of amides is 1. The number of nitrogens with one attached hydrogen (secondary N) is 3. The molecule has 0 aliphatic carbocycles. The summed E-state index contributed by atoms with van der Waals surface area (Å²) in [6, 6.07) is 17.5. The SMILES string of the molecule is COc1nc(-c2cccc(-c3cccc(Nc4nccc5sc(CN6CCC(C(=O)O)CC6)nc45)c3Cl)c2Cl)ccc1CNC[C@H]1CCC(=O)N1. The van der Waals surface area contributed by atoms with Crippen molar-refractivity contribution in [3.8, 4) is 28.3 Å². The van der Waals surface area contributed by atoms with Crippen LogP contribution in [0.25, 0.3) is 32.6 Å². The Bertz CT molecular complexity index is 2090. The van der Waals surface area contributed by atoms with Crippen molar-refractivity contribution in [2.45, 2.75) is 44.8 Å². The van der Waals surface area contributed by atoms with Crippen molar-refractivity contribution in [2.24, 2.45) is 5.92 Å². The Kier molecular flexibility index (Phi) is 10.7. The third-order valence-corrected chi connectivity index (χ3v) is 11.2. The van der Waals surface area contributed by atoms with E-state index in [9.17, 15) is 14.7 Å². The number of ether oxygens (including phenoxy) is 1. The number of carboxylic acids is 1. The highest BCUT2D eigenvalue weighted by molar-refractivity contribution is 7.18. The first-order chi connectivity index (χ1) is 24.8. The van der Waals surface area contributed by atoms with Crippen molar-refractivity contribution in [3.63, 3.8) is 0 Å². The molecular formula is C37H37Cl2N7O4S. The van der Waals surface area contributed by atoms with Gasteiger partial charge in [-0.1, -0.05) is 59.6 Å². The summed E-state index contributed by atoms with van der Waals surface area (Å²) < 4.78 is 6.65. The number of hydrogen-bond acceptors (Lipinski definition) is 10. The van der Waals surface area contributed by atoms with Crippen molar-refractivity contribution in [2.75, 3.05) is 32.1 Å². The van der Waals surface area contributed by atoms with Crippen LogP contribution in [0.1, 0.15) is 36.3 Å². The molecule has 2 saturated heterocycles. The molecule has 2 fully saturated rings. The molecule has 7 rings (SSSR count). The summed E-state index contributed by atoms with van der Waals surface area (Å²) in [5.74, 6) is 0.204. The Hall–Kier alpha value is -4.33. The second-order valence-corrected chi connectivity index (χ2v) is 14.6. The maximum absolute atomic E-state index is 11.5. The normalized spacial score (nSPS) is 16.8. The Morgan fingerprint density at radius 2 is 1.78 bits per heavy atom. The van der Waals surface area contributed by atoms with E-state index < -0.39 is 5.97 Å². The van der Waals surface area contributed by atoms with Crippen LogP contribution in [0, 0.1) is 5.92 Å². The zero-order chi connectivity index (χ0) is 35.5. The smallest absolute Gasteiger partial charge is 0.306 e. The minimum Gasteiger partial charge on any atom is -0.481 e. The Morgan fingerprint density at radius 3 is 2.53 bits per heavy atom. The van der Waals surface area contributed by atoms with E-state index in [4.69, 9.17) is 37.9 Å². The third kappa shape index (κ3) is 7.80. The van der Waals surface area contributed by atoms with Gasteiger partial charge in [0.2, 0.25) is 11.8 Å². The zero-order valence-corrected chi connectivity index (χ0v) is 30.2. The number of carboxylic acid groups (broad SMARTS) is 1. The minimum absolute atomic E-state index is 0.0954. The lowest BCUT2D eigenvalue weighted by Gasteiger charge is -2.29. The molecular weight excluding hydrogens is 709 g/mol. The predicted molar refractivity (Wildman–Crippen MR) is 201 cm³/mol. The minimum atomic E-state index is -0.713. The first kappa shape index (κ1) is 35.1. The van der Waals surface area contributed by atoms with Crippen LogP contribution in [-0.4, -0.2) is 69.6 Å². The van der Waals surface area contributed by atoms with Gasteiger partial charge in [0.1, 0.15) is 10.5 Å². The van der Waals surface area contributed by atoms with Gasteiger partial charge in [0.05, 0.1) is 45.7 Å². The number of hydrogen-bond donors (Lipinski definition) is 4. The van der Waals surface area contributed by atoms with Gasteiger partial charge in [-0.3, -0.25) is 14.5 Å². The van der Waals surface area contributed by atoms with Gasteiger partial charge >= 0.3 is 5.97 Å². The lowest BCUT2D eigenvalue weighted by atomic mass is 9.97. The number of carbonyl (C=O) groups excluding carboxylic acids is 1. The summed E-state index contributed by atoms with van der Waals surface area (Å²) in [6.45, 7) is 3.35. The molecule has 1 atom stereocenters. The van der Waals surface area contributed by atoms with Crippen LogP contribution in [0.3, 0.4) is 0 Å². The molecule has 3 aromatic heterocycles. The van der Waals surface area contributed by atoms with Gasteiger partial charge in [-0.05, 0) is 50.6 Å². The van der Waals surface area contributed by atoms with E-state index in [-0.39, 0.29) is 17.9 Å². The van der Waals surface area contributed by atoms with Crippen molar-refractivity contribution < 1.29 is 19.4 Å². The highest BCUT2D eigenvalue weighted by Gasteiger charge is 2.25. The number of halogens is 2. The molecule has 1 amide bonds. The van der Waals surface area contributed by atoms with Crippen LogP contribution in [0.2, 0.25) is 10.0 Å². The molecule has 2 aliphatic heterocycles. The molecule has 51 heavy (non-hydrogen) atoms. The van der Waals surface area contributed by atoms with E-state index in [1.54, 1.807) is 24.6 Å². The number of methoxy groups -OCH3 is 1. The van der Waals surface area contributed by atoms with Crippen molar-refractivity contribution in [1.82, 2.24) is 30.5 Å². The molecule has 14 heteroatoms. The van der Waals surface area contributed by atoms with Crippen LogP contribution in [0.4, 0.5) is 11.5 Å². The summed E-state index contributed by atoms with van der Waals surface area (Å²) in [5.41, 5.74) is 5.22. The molecule has 2 aromatic carbocycles. The first-order valence-electron chi connectivity index (χ1n) is 16.9. The molecule has 0 unspecified atom stereocenters. The van der Waals surface area contributed by atoms with Crippen LogP contribution < -0.4 is 20.7 Å². The largest absolute Gasteiger partial charge is 0.481 e. The fraction of sp³-hybridized carbons (Fsp3) is 0.324. The lowest BCUT2D eigenvalue weighted by Crippen LogP contribution is -2.35. The topological polar surface area (TPSA) is 142 Å². The van der Waals surface area contributed by atoms with E-state index in [1.807, 2.05) is 54.6 Å². The van der Waals surface area contributed by atoms with Crippen molar-refractivity contribution >= 4 is 68.1 Å². The molecule has 264 valence electrons. The van der Waals surface area contributed by atoms with Crippen LogP contribution >= 0.6 is 34.5 Å². The van der Waals surface area contributed by atoms with Crippen molar-refractivity contribution in [3.05, 3.63) is 81.4 Å². The monoisotopic (exact) mass is 745 g/mol. The fourth-order valence-electron chi connectivity index (χ4n) is 6.63. The number of thiazole rings is 1. The molecule has 2 aliphatic rings. The van der Waals surface area contributed by atoms with Gasteiger partial charge in [0, 0.05) is 54.0 Å². The second kappa shape index (κ2) is 15.5.